The number of nitrogens with two attached hydrogens (primary N) is 1. The third-order valence-electron chi connectivity index (χ3n) is 2.58. The molecule has 3 N–H and O–H groups in total. The van der Waals surface area contributed by atoms with E-state index in [4.69, 9.17) is 10.5 Å². The lowest BCUT2D eigenvalue weighted by Crippen LogP contribution is -2.37. The van der Waals surface area contributed by atoms with E-state index < -0.39 is 0 Å². The summed E-state index contributed by atoms with van der Waals surface area (Å²) >= 11 is 4.65. The van der Waals surface area contributed by atoms with Crippen LogP contribution in [0.4, 0.5) is 0 Å². The van der Waals surface area contributed by atoms with E-state index in [1.165, 1.54) is 19.3 Å². The summed E-state index contributed by atoms with van der Waals surface area (Å²) in [7, 11) is 1.72. The Morgan fingerprint density at radius 1 is 1.50 bits per heavy atom. The van der Waals surface area contributed by atoms with Crippen molar-refractivity contribution in [3.63, 3.8) is 0 Å². The zero-order chi connectivity index (χ0) is 10.4. The van der Waals surface area contributed by atoms with E-state index in [1.807, 2.05) is 0 Å². The summed E-state index contributed by atoms with van der Waals surface area (Å²) < 4.78 is 5.49. The van der Waals surface area contributed by atoms with Crippen LogP contribution in [0.1, 0.15) is 32.1 Å². The van der Waals surface area contributed by atoms with Crippen molar-refractivity contribution >= 4 is 23.5 Å². The number of hydrazone groups is 1. The Kier molecular flexibility index (Phi) is 4.28. The fraction of sp³-hybridized carbons (Fsp3) is 0.778. The van der Waals surface area contributed by atoms with Crippen molar-refractivity contribution in [3.8, 4) is 0 Å². The minimum absolute atomic E-state index is 0.184. The third-order valence-corrected chi connectivity index (χ3v) is 2.67. The molecule has 0 heterocycles. The van der Waals surface area contributed by atoms with E-state index in [0.29, 0.717) is 0 Å². The van der Waals surface area contributed by atoms with Gasteiger partial charge in [0.15, 0.2) is 5.11 Å². The van der Waals surface area contributed by atoms with Crippen LogP contribution in [0.2, 0.25) is 0 Å². The molecular weight excluding hydrogens is 198 g/mol. The summed E-state index contributed by atoms with van der Waals surface area (Å²) in [6.07, 6.45) is 7.48. The van der Waals surface area contributed by atoms with Crippen molar-refractivity contribution in [1.82, 2.24) is 5.43 Å². The summed E-state index contributed by atoms with van der Waals surface area (Å²) in [6, 6.07) is 0. The zero-order valence-electron chi connectivity index (χ0n) is 8.45. The van der Waals surface area contributed by atoms with Crippen molar-refractivity contribution in [2.75, 3.05) is 7.11 Å². The summed E-state index contributed by atoms with van der Waals surface area (Å²) in [6.45, 7) is 0. The molecule has 0 aromatic rings. The number of ether oxygens (including phenoxy) is 1. The van der Waals surface area contributed by atoms with Crippen LogP contribution in [-0.2, 0) is 4.74 Å². The van der Waals surface area contributed by atoms with E-state index in [2.05, 4.69) is 22.7 Å². The van der Waals surface area contributed by atoms with Gasteiger partial charge in [-0.3, -0.25) is 5.43 Å². The molecule has 0 aromatic heterocycles. The van der Waals surface area contributed by atoms with E-state index in [9.17, 15) is 0 Å². The van der Waals surface area contributed by atoms with Gasteiger partial charge >= 0.3 is 0 Å². The molecule has 0 spiro atoms. The lowest BCUT2D eigenvalue weighted by molar-refractivity contribution is 0.0231. The summed E-state index contributed by atoms with van der Waals surface area (Å²) in [5, 5.41) is 4.15. The Hall–Kier alpha value is -0.680. The fourth-order valence-electron chi connectivity index (χ4n) is 1.75. The van der Waals surface area contributed by atoms with Gasteiger partial charge in [0.05, 0.1) is 6.21 Å². The minimum atomic E-state index is -0.212. The van der Waals surface area contributed by atoms with Gasteiger partial charge in [-0.05, 0) is 25.1 Å². The first-order chi connectivity index (χ1) is 6.68. The molecule has 0 aromatic carbocycles. The van der Waals surface area contributed by atoms with Crippen molar-refractivity contribution in [3.05, 3.63) is 0 Å². The third kappa shape index (κ3) is 3.23. The number of hydrogen-bond donors (Lipinski definition) is 2. The maximum Gasteiger partial charge on any atom is 0.184 e. The van der Waals surface area contributed by atoms with E-state index in [0.717, 1.165) is 12.8 Å². The second kappa shape index (κ2) is 5.26. The first kappa shape index (κ1) is 11.4. The number of hydrogen-bond acceptors (Lipinski definition) is 3. The van der Waals surface area contributed by atoms with Crippen LogP contribution in [0.5, 0.6) is 0 Å². The highest BCUT2D eigenvalue weighted by molar-refractivity contribution is 7.80. The van der Waals surface area contributed by atoms with Crippen LogP contribution in [0.15, 0.2) is 5.10 Å². The maximum atomic E-state index is 5.49. The Bertz CT molecular complexity index is 224. The van der Waals surface area contributed by atoms with Gasteiger partial charge in [-0.25, -0.2) is 0 Å². The van der Waals surface area contributed by atoms with Crippen LogP contribution in [0.25, 0.3) is 0 Å². The summed E-state index contributed by atoms with van der Waals surface area (Å²) in [5.41, 5.74) is 7.60. The molecule has 0 atom stereocenters. The van der Waals surface area contributed by atoms with Crippen molar-refractivity contribution in [1.29, 1.82) is 0 Å². The van der Waals surface area contributed by atoms with Gasteiger partial charge in [0.25, 0.3) is 0 Å². The lowest BCUT2D eigenvalue weighted by Gasteiger charge is -2.31. The molecule has 0 bridgehead atoms. The first-order valence-corrected chi connectivity index (χ1v) is 5.24. The molecule has 80 valence electrons. The minimum Gasteiger partial charge on any atom is -0.375 e. The number of methoxy groups -OCH3 is 1. The molecular formula is C9H17N3OS. The monoisotopic (exact) mass is 215 g/mol. The normalized spacial score (nSPS) is 20.9. The van der Waals surface area contributed by atoms with Gasteiger partial charge in [-0.15, -0.1) is 0 Å². The summed E-state index contributed by atoms with van der Waals surface area (Å²) in [5.74, 6) is 0. The number of rotatable bonds is 3. The quantitative estimate of drug-likeness (QED) is 0.421. The highest BCUT2D eigenvalue weighted by Crippen LogP contribution is 2.29. The Balaban J connectivity index is 2.51. The van der Waals surface area contributed by atoms with Crippen LogP contribution < -0.4 is 11.2 Å². The van der Waals surface area contributed by atoms with Crippen molar-refractivity contribution in [2.45, 2.75) is 37.7 Å². The molecule has 14 heavy (non-hydrogen) atoms. The molecule has 0 saturated heterocycles. The van der Waals surface area contributed by atoms with Crippen LogP contribution >= 0.6 is 12.2 Å². The predicted molar refractivity (Wildman–Crippen MR) is 61.2 cm³/mol. The highest BCUT2D eigenvalue weighted by atomic mass is 32.1. The average Bonchev–Trinajstić information content (AvgIpc) is 2.19. The zero-order valence-corrected chi connectivity index (χ0v) is 9.27. The second-order valence-electron chi connectivity index (χ2n) is 3.56. The Morgan fingerprint density at radius 3 is 2.64 bits per heavy atom. The summed E-state index contributed by atoms with van der Waals surface area (Å²) in [4.78, 5) is 0. The van der Waals surface area contributed by atoms with Crippen LogP contribution in [0.3, 0.4) is 0 Å². The van der Waals surface area contributed by atoms with E-state index >= 15 is 0 Å². The molecule has 4 nitrogen and oxygen atoms in total. The first-order valence-electron chi connectivity index (χ1n) is 4.83. The van der Waals surface area contributed by atoms with E-state index in [-0.39, 0.29) is 10.7 Å². The molecule has 0 radical (unpaired) electrons. The van der Waals surface area contributed by atoms with Gasteiger partial charge in [0.2, 0.25) is 0 Å². The molecule has 1 aliphatic rings. The van der Waals surface area contributed by atoms with Gasteiger partial charge in [0.1, 0.15) is 5.60 Å². The van der Waals surface area contributed by atoms with Crippen molar-refractivity contribution < 1.29 is 4.74 Å². The standard InChI is InChI=1S/C9H17N3OS/c1-13-9(5-3-2-4-6-9)7-11-12-8(10)14/h7H,2-6H2,1H3,(H3,10,12,14)/b11-7+. The number of thiocarbonyl (C=S) groups is 1. The van der Waals surface area contributed by atoms with Crippen molar-refractivity contribution in [2.24, 2.45) is 10.8 Å². The number of nitrogens with one attached hydrogen (secondary N) is 1. The average molecular weight is 215 g/mol. The molecule has 1 rings (SSSR count). The molecule has 1 saturated carbocycles. The van der Waals surface area contributed by atoms with Crippen LogP contribution in [-0.4, -0.2) is 24.0 Å². The van der Waals surface area contributed by atoms with Gasteiger partial charge in [-0.2, -0.15) is 5.10 Å². The van der Waals surface area contributed by atoms with Gasteiger partial charge < -0.3 is 10.5 Å². The highest BCUT2D eigenvalue weighted by Gasteiger charge is 2.29. The molecule has 0 aliphatic heterocycles. The molecule has 5 heteroatoms. The Morgan fingerprint density at radius 2 is 2.14 bits per heavy atom. The predicted octanol–water partition coefficient (Wildman–Crippen LogP) is 1.15. The number of nitrogens with zero attached hydrogens (tertiary/aromatic N) is 1. The fourth-order valence-corrected chi connectivity index (χ4v) is 1.80. The lowest BCUT2D eigenvalue weighted by atomic mass is 9.86. The smallest absolute Gasteiger partial charge is 0.184 e. The van der Waals surface area contributed by atoms with Gasteiger partial charge in [-0.1, -0.05) is 19.3 Å². The van der Waals surface area contributed by atoms with E-state index in [1.54, 1.807) is 13.3 Å². The van der Waals surface area contributed by atoms with Crippen LogP contribution in [0, 0.1) is 0 Å². The molecule has 1 aliphatic carbocycles. The molecule has 0 amide bonds. The topological polar surface area (TPSA) is 59.6 Å². The molecule has 0 unspecified atom stereocenters. The Labute approximate surface area is 89.9 Å². The second-order valence-corrected chi connectivity index (χ2v) is 4.00. The van der Waals surface area contributed by atoms with Gasteiger partial charge in [0, 0.05) is 7.11 Å². The largest absolute Gasteiger partial charge is 0.375 e. The SMILES string of the molecule is COC1(/C=N/NC(N)=S)CCCCC1. The maximum absolute atomic E-state index is 5.49. The molecule has 1 fully saturated rings.